The number of nitrogens with zero attached hydrogens (tertiary/aromatic N) is 2. The fourth-order valence-corrected chi connectivity index (χ4v) is 3.34. The lowest BCUT2D eigenvalue weighted by atomic mass is 9.81. The molecule has 2 fully saturated rings. The fraction of sp³-hybridized carbons (Fsp3) is 0.500. The molecule has 4 rings (SSSR count). The molecule has 2 aliphatic rings. The molecule has 1 N–H and O–H groups in total. The summed E-state index contributed by atoms with van der Waals surface area (Å²) in [6, 6.07) is 13.4. The second kappa shape index (κ2) is 5.30. The van der Waals surface area contributed by atoms with E-state index >= 15 is 0 Å². The predicted octanol–water partition coefficient (Wildman–Crippen LogP) is 3.29. The van der Waals surface area contributed by atoms with Crippen LogP contribution in [-0.4, -0.2) is 21.5 Å². The molecule has 0 saturated heterocycles. The van der Waals surface area contributed by atoms with Gasteiger partial charge in [-0.2, -0.15) is 5.10 Å². The number of rotatable bonds is 5. The van der Waals surface area contributed by atoms with Crippen LogP contribution in [0.5, 0.6) is 0 Å². The van der Waals surface area contributed by atoms with Crippen LogP contribution in [0.3, 0.4) is 0 Å². The third-order valence-electron chi connectivity index (χ3n) is 4.87. The SMILES string of the molecule is OCC1CC(n2nc(C3CC3)cc2Cc2ccccc2)C1. The number of benzene rings is 1. The molecule has 2 aliphatic carbocycles. The van der Waals surface area contributed by atoms with E-state index < -0.39 is 0 Å². The van der Waals surface area contributed by atoms with Crippen LogP contribution in [0, 0.1) is 5.92 Å². The Morgan fingerprint density at radius 1 is 1.14 bits per heavy atom. The number of aromatic nitrogens is 2. The van der Waals surface area contributed by atoms with Crippen molar-refractivity contribution in [3.05, 3.63) is 53.3 Å². The molecule has 1 aromatic carbocycles. The van der Waals surface area contributed by atoms with Crippen molar-refractivity contribution in [2.24, 2.45) is 5.92 Å². The monoisotopic (exact) mass is 282 g/mol. The maximum absolute atomic E-state index is 9.23. The first-order valence-electron chi connectivity index (χ1n) is 8.06. The van der Waals surface area contributed by atoms with Gasteiger partial charge >= 0.3 is 0 Å². The van der Waals surface area contributed by atoms with E-state index in [2.05, 4.69) is 41.1 Å². The largest absolute Gasteiger partial charge is 0.396 e. The van der Waals surface area contributed by atoms with Crippen LogP contribution >= 0.6 is 0 Å². The minimum atomic E-state index is 0.321. The molecule has 0 unspecified atom stereocenters. The van der Waals surface area contributed by atoms with Crippen molar-refractivity contribution >= 4 is 0 Å². The summed E-state index contributed by atoms with van der Waals surface area (Å²) in [5.74, 6) is 1.18. The lowest BCUT2D eigenvalue weighted by Crippen LogP contribution is -2.30. The van der Waals surface area contributed by atoms with Crippen molar-refractivity contribution in [2.45, 2.75) is 44.1 Å². The molecule has 0 spiro atoms. The van der Waals surface area contributed by atoms with Crippen molar-refractivity contribution in [3.63, 3.8) is 0 Å². The molecule has 1 aromatic heterocycles. The van der Waals surface area contributed by atoms with Gasteiger partial charge in [-0.05, 0) is 43.2 Å². The maximum Gasteiger partial charge on any atom is 0.0658 e. The van der Waals surface area contributed by atoms with Crippen LogP contribution in [0.25, 0.3) is 0 Å². The third-order valence-corrected chi connectivity index (χ3v) is 4.87. The predicted molar refractivity (Wildman–Crippen MR) is 82.3 cm³/mol. The normalized spacial score (nSPS) is 24.8. The second-order valence-electron chi connectivity index (χ2n) is 6.62. The van der Waals surface area contributed by atoms with E-state index in [9.17, 15) is 5.11 Å². The summed E-state index contributed by atoms with van der Waals surface area (Å²) in [5, 5.41) is 14.1. The number of hydrogen-bond donors (Lipinski definition) is 1. The maximum atomic E-state index is 9.23. The first kappa shape index (κ1) is 13.1. The van der Waals surface area contributed by atoms with Crippen LogP contribution in [0.4, 0.5) is 0 Å². The summed E-state index contributed by atoms with van der Waals surface area (Å²) in [4.78, 5) is 0. The van der Waals surface area contributed by atoms with E-state index in [0.717, 1.165) is 19.3 Å². The molecule has 2 aromatic rings. The van der Waals surface area contributed by atoms with Crippen LogP contribution < -0.4 is 0 Å². The van der Waals surface area contributed by atoms with E-state index in [-0.39, 0.29) is 0 Å². The van der Waals surface area contributed by atoms with Crippen LogP contribution in [0.1, 0.15) is 54.6 Å². The van der Waals surface area contributed by atoms with Crippen molar-refractivity contribution in [1.29, 1.82) is 0 Å². The fourth-order valence-electron chi connectivity index (χ4n) is 3.34. The zero-order chi connectivity index (χ0) is 14.2. The summed E-state index contributed by atoms with van der Waals surface area (Å²) < 4.78 is 2.26. The number of aliphatic hydroxyl groups excluding tert-OH is 1. The van der Waals surface area contributed by atoms with E-state index in [4.69, 9.17) is 5.10 Å². The van der Waals surface area contributed by atoms with Crippen molar-refractivity contribution < 1.29 is 5.11 Å². The molecule has 0 radical (unpaired) electrons. The van der Waals surface area contributed by atoms with Gasteiger partial charge in [0.05, 0.1) is 11.7 Å². The highest BCUT2D eigenvalue weighted by atomic mass is 16.3. The smallest absolute Gasteiger partial charge is 0.0658 e. The molecular formula is C18H22N2O. The Hall–Kier alpha value is -1.61. The van der Waals surface area contributed by atoms with Gasteiger partial charge in [0.2, 0.25) is 0 Å². The molecule has 0 atom stereocenters. The molecule has 0 amide bonds. The first-order chi connectivity index (χ1) is 10.3. The summed E-state index contributed by atoms with van der Waals surface area (Å²) in [6.45, 7) is 0.321. The molecule has 0 aliphatic heterocycles. The Morgan fingerprint density at radius 2 is 1.90 bits per heavy atom. The van der Waals surface area contributed by atoms with Gasteiger partial charge in [0, 0.05) is 24.6 Å². The summed E-state index contributed by atoms with van der Waals surface area (Å²) in [6.07, 6.45) is 5.70. The van der Waals surface area contributed by atoms with Crippen LogP contribution in [0.2, 0.25) is 0 Å². The zero-order valence-corrected chi connectivity index (χ0v) is 12.3. The second-order valence-corrected chi connectivity index (χ2v) is 6.62. The third kappa shape index (κ3) is 2.62. The van der Waals surface area contributed by atoms with Crippen molar-refractivity contribution in [1.82, 2.24) is 9.78 Å². The molecule has 1 heterocycles. The Kier molecular flexibility index (Phi) is 3.30. The van der Waals surface area contributed by atoms with E-state index in [1.54, 1.807) is 0 Å². The standard InChI is InChI=1S/C18H22N2O/c21-12-14-9-16(10-14)20-17(8-13-4-2-1-3-5-13)11-18(19-20)15-6-7-15/h1-5,11,14-16,21H,6-10,12H2. The average molecular weight is 282 g/mol. The van der Waals surface area contributed by atoms with E-state index in [1.807, 2.05) is 0 Å². The van der Waals surface area contributed by atoms with Crippen LogP contribution in [0.15, 0.2) is 36.4 Å². The highest BCUT2D eigenvalue weighted by molar-refractivity contribution is 5.26. The van der Waals surface area contributed by atoms with Gasteiger partial charge in [0.1, 0.15) is 0 Å². The number of aliphatic hydroxyl groups is 1. The lowest BCUT2D eigenvalue weighted by molar-refractivity contribution is 0.104. The van der Waals surface area contributed by atoms with Crippen molar-refractivity contribution in [2.75, 3.05) is 6.61 Å². The molecule has 2 saturated carbocycles. The van der Waals surface area contributed by atoms with Gasteiger partial charge in [0.15, 0.2) is 0 Å². The Balaban J connectivity index is 1.59. The minimum Gasteiger partial charge on any atom is -0.396 e. The zero-order valence-electron chi connectivity index (χ0n) is 12.3. The van der Waals surface area contributed by atoms with Gasteiger partial charge in [-0.25, -0.2) is 0 Å². The van der Waals surface area contributed by atoms with Gasteiger partial charge in [-0.3, -0.25) is 4.68 Å². The molecular weight excluding hydrogens is 260 g/mol. The highest BCUT2D eigenvalue weighted by Gasteiger charge is 2.34. The Bertz CT molecular complexity index is 609. The Morgan fingerprint density at radius 3 is 2.57 bits per heavy atom. The topological polar surface area (TPSA) is 38.0 Å². The quantitative estimate of drug-likeness (QED) is 0.913. The van der Waals surface area contributed by atoms with Crippen molar-refractivity contribution in [3.8, 4) is 0 Å². The van der Waals surface area contributed by atoms with Gasteiger partial charge < -0.3 is 5.11 Å². The molecule has 3 heteroatoms. The summed E-state index contributed by atoms with van der Waals surface area (Å²) in [5.41, 5.74) is 3.97. The first-order valence-corrected chi connectivity index (χ1v) is 8.06. The highest BCUT2D eigenvalue weighted by Crippen LogP contribution is 2.42. The average Bonchev–Trinajstić information content (AvgIpc) is 3.23. The van der Waals surface area contributed by atoms with Crippen LogP contribution in [-0.2, 0) is 6.42 Å². The Labute approximate surface area is 125 Å². The molecule has 0 bridgehead atoms. The van der Waals surface area contributed by atoms with E-state index in [0.29, 0.717) is 24.5 Å². The van der Waals surface area contributed by atoms with Gasteiger partial charge in [-0.15, -0.1) is 0 Å². The lowest BCUT2D eigenvalue weighted by Gasteiger charge is -2.35. The van der Waals surface area contributed by atoms with Gasteiger partial charge in [-0.1, -0.05) is 30.3 Å². The minimum absolute atomic E-state index is 0.321. The number of hydrogen-bond acceptors (Lipinski definition) is 2. The summed E-state index contributed by atoms with van der Waals surface area (Å²) in [7, 11) is 0. The van der Waals surface area contributed by atoms with Gasteiger partial charge in [0.25, 0.3) is 0 Å². The molecule has 3 nitrogen and oxygen atoms in total. The summed E-state index contributed by atoms with van der Waals surface area (Å²) >= 11 is 0. The molecule has 21 heavy (non-hydrogen) atoms. The van der Waals surface area contributed by atoms with E-state index in [1.165, 1.54) is 29.8 Å². The molecule has 110 valence electrons.